The zero-order valence-corrected chi connectivity index (χ0v) is 35.8. The summed E-state index contributed by atoms with van der Waals surface area (Å²) in [4.78, 5) is 46.1. The fraction of sp³-hybridized carbons (Fsp3) is 0.447. The van der Waals surface area contributed by atoms with Crippen LogP contribution in [0, 0.1) is 0 Å². The van der Waals surface area contributed by atoms with Gasteiger partial charge >= 0.3 is 12.3 Å². The summed E-state index contributed by atoms with van der Waals surface area (Å²) in [6.45, 7) is 17.0. The molecule has 4 aliphatic rings. The van der Waals surface area contributed by atoms with Gasteiger partial charge in [0.15, 0.2) is 0 Å². The van der Waals surface area contributed by atoms with Crippen molar-refractivity contribution >= 4 is 23.5 Å². The van der Waals surface area contributed by atoms with Crippen LogP contribution >= 0.6 is 0 Å². The fourth-order valence-corrected chi connectivity index (χ4v) is 7.51. The van der Waals surface area contributed by atoms with Gasteiger partial charge in [-0.25, -0.2) is 24.7 Å². The van der Waals surface area contributed by atoms with Crippen LogP contribution in [0.5, 0.6) is 0 Å². The van der Waals surface area contributed by atoms with Gasteiger partial charge in [-0.2, -0.15) is 13.2 Å². The van der Waals surface area contributed by atoms with Crippen molar-refractivity contribution < 1.29 is 28.9 Å². The number of nitrogens with one attached hydrogen (secondary N) is 1. The lowest BCUT2D eigenvalue weighted by Crippen LogP contribution is -2.39. The van der Waals surface area contributed by atoms with Crippen LogP contribution in [-0.4, -0.2) is 98.1 Å². The number of fused-ring (bicyclic) bond motifs is 2. The van der Waals surface area contributed by atoms with Gasteiger partial charge in [0.05, 0.1) is 22.8 Å². The van der Waals surface area contributed by atoms with Gasteiger partial charge in [-0.15, -0.1) is 0 Å². The van der Waals surface area contributed by atoms with Crippen molar-refractivity contribution in [2.45, 2.75) is 98.2 Å². The summed E-state index contributed by atoms with van der Waals surface area (Å²) in [5.41, 5.74) is 12.0. The molecule has 61 heavy (non-hydrogen) atoms. The lowest BCUT2D eigenvalue weighted by atomic mass is 9.95. The Morgan fingerprint density at radius 3 is 1.67 bits per heavy atom. The molecule has 2 aromatic heterocycles. The zero-order chi connectivity index (χ0) is 44.5. The summed E-state index contributed by atoms with van der Waals surface area (Å²) in [5.74, 6) is 0. The Balaban J connectivity index is 0.000000200. The second kappa shape index (κ2) is 22.5. The number of aromatic nitrogens is 4. The van der Waals surface area contributed by atoms with Gasteiger partial charge in [0.2, 0.25) is 6.29 Å². The molecule has 0 saturated carbocycles. The molecule has 4 aliphatic heterocycles. The van der Waals surface area contributed by atoms with Gasteiger partial charge < -0.3 is 15.0 Å². The highest BCUT2D eigenvalue weighted by Gasteiger charge is 2.28. The summed E-state index contributed by atoms with van der Waals surface area (Å²) in [6.07, 6.45) is 5.66. The molecule has 0 bridgehead atoms. The van der Waals surface area contributed by atoms with E-state index in [9.17, 15) is 18.0 Å². The monoisotopic (exact) mass is 841 g/mol. The molecule has 0 spiro atoms. The molecular weight excluding hydrogens is 782 g/mol. The second-order valence-corrected chi connectivity index (χ2v) is 15.9. The first-order valence-corrected chi connectivity index (χ1v) is 20.8. The SMILES string of the molecule is C1=C(c2ncnc3c2CN(Cc2ccccc2)CC3)CCNC1.CC(C)(C)OC(=O)N1CC=C(c2ncnc3c2CN(Cc2ccccc2)CC3)CC1.O=CC(F)(F)F.[2H]CC. The van der Waals surface area contributed by atoms with E-state index in [2.05, 4.69) is 108 Å². The van der Waals surface area contributed by atoms with Crippen LogP contribution in [0.2, 0.25) is 0 Å². The van der Waals surface area contributed by atoms with E-state index in [4.69, 9.17) is 10.9 Å². The lowest BCUT2D eigenvalue weighted by molar-refractivity contribution is -0.156. The minimum absolute atomic E-state index is 0.253. The molecule has 0 unspecified atom stereocenters. The topological polar surface area (TPSA) is 117 Å². The highest BCUT2D eigenvalue weighted by atomic mass is 19.4. The standard InChI is InChI=1S/C24H30N4O2.C19H22N4.C2HF3O.C2H6/c1-24(2,3)30-23(29)28-13-9-19(10-14-28)22-20-16-27(12-11-21(20)25-17-26-22)15-18-7-5-4-6-8-18;1-2-4-15(5-3-1)12-23-11-8-18-17(13-23)19(22-14-21-18)16-6-9-20-10-7-16;3-2(4,5)1-6;1-2/h4-9,17H,10-16H2,1-3H3;1-6,14,20H,7-13H2;1H;1-2H3/i;;;1D. The van der Waals surface area contributed by atoms with Gasteiger partial charge in [0.25, 0.3) is 0 Å². The average molecular weight is 842 g/mol. The first-order chi connectivity index (χ1) is 29.8. The third kappa shape index (κ3) is 14.4. The van der Waals surface area contributed by atoms with E-state index in [-0.39, 0.29) is 6.09 Å². The number of ether oxygens (including phenoxy) is 1. The van der Waals surface area contributed by atoms with Gasteiger partial charge in [-0.1, -0.05) is 86.6 Å². The van der Waals surface area contributed by atoms with Crippen LogP contribution < -0.4 is 5.32 Å². The molecule has 326 valence electrons. The third-order valence-electron chi connectivity index (χ3n) is 10.3. The zero-order valence-electron chi connectivity index (χ0n) is 36.8. The average Bonchev–Trinajstić information content (AvgIpc) is 3.27. The number of aldehydes is 1. The number of hydrogen-bond donors (Lipinski definition) is 1. The Bertz CT molecular complexity index is 2110. The van der Waals surface area contributed by atoms with Crippen LogP contribution in [0.15, 0.2) is 85.5 Å². The summed E-state index contributed by atoms with van der Waals surface area (Å²) in [7, 11) is 0. The highest BCUT2D eigenvalue weighted by Crippen LogP contribution is 2.30. The summed E-state index contributed by atoms with van der Waals surface area (Å²) >= 11 is 0. The van der Waals surface area contributed by atoms with E-state index in [1.807, 2.05) is 20.8 Å². The molecule has 14 heteroatoms. The van der Waals surface area contributed by atoms with E-state index in [0.717, 1.165) is 89.4 Å². The number of carbonyl (C=O) groups is 2. The molecule has 0 radical (unpaired) electrons. The first kappa shape index (κ1) is 45.2. The number of halogens is 3. The largest absolute Gasteiger partial charge is 0.446 e. The van der Waals surface area contributed by atoms with E-state index in [0.29, 0.717) is 20.0 Å². The lowest BCUT2D eigenvalue weighted by Gasteiger charge is -2.32. The quantitative estimate of drug-likeness (QED) is 0.190. The van der Waals surface area contributed by atoms with E-state index < -0.39 is 18.1 Å². The maximum Gasteiger partial charge on any atom is 0.446 e. The van der Waals surface area contributed by atoms with E-state index in [1.54, 1.807) is 24.5 Å². The Hall–Kier alpha value is -5.31. The Morgan fingerprint density at radius 1 is 0.770 bits per heavy atom. The second-order valence-electron chi connectivity index (χ2n) is 15.9. The number of carbonyl (C=O) groups excluding carboxylic acids is 2. The molecule has 8 rings (SSSR count). The minimum Gasteiger partial charge on any atom is -0.444 e. The maximum atomic E-state index is 12.3. The molecule has 4 aromatic rings. The predicted molar refractivity (Wildman–Crippen MR) is 232 cm³/mol. The molecule has 6 heterocycles. The number of alkyl halides is 3. The maximum absolute atomic E-state index is 12.3. The van der Waals surface area contributed by atoms with E-state index in [1.165, 1.54) is 44.8 Å². The molecule has 0 atom stereocenters. The normalized spacial score (nSPS) is 16.8. The Morgan fingerprint density at radius 2 is 1.26 bits per heavy atom. The van der Waals surface area contributed by atoms with Gasteiger partial charge in [-0.05, 0) is 62.4 Å². The van der Waals surface area contributed by atoms with Gasteiger partial charge in [0, 0.05) is 84.2 Å². The van der Waals surface area contributed by atoms with Crippen LogP contribution in [0.1, 0.15) is 93.8 Å². The number of nitrogens with zero attached hydrogens (tertiary/aromatic N) is 7. The summed E-state index contributed by atoms with van der Waals surface area (Å²) in [5, 5.41) is 3.38. The number of benzene rings is 2. The Labute approximate surface area is 359 Å². The van der Waals surface area contributed by atoms with Crippen molar-refractivity contribution in [1.29, 1.82) is 0 Å². The van der Waals surface area contributed by atoms with Crippen LogP contribution in [0.4, 0.5) is 18.0 Å². The molecule has 0 aliphatic carbocycles. The number of amides is 1. The fourth-order valence-electron chi connectivity index (χ4n) is 7.51. The first-order valence-electron chi connectivity index (χ1n) is 21.5. The summed E-state index contributed by atoms with van der Waals surface area (Å²) < 4.78 is 43.0. The van der Waals surface area contributed by atoms with Crippen LogP contribution in [0.3, 0.4) is 0 Å². The van der Waals surface area contributed by atoms with Gasteiger partial charge in [-0.3, -0.25) is 14.6 Å². The smallest absolute Gasteiger partial charge is 0.444 e. The van der Waals surface area contributed by atoms with Crippen molar-refractivity contribution in [1.82, 2.24) is 40.0 Å². The van der Waals surface area contributed by atoms with E-state index >= 15 is 0 Å². The van der Waals surface area contributed by atoms with Gasteiger partial charge in [0.1, 0.15) is 18.3 Å². The van der Waals surface area contributed by atoms with Crippen molar-refractivity contribution in [2.24, 2.45) is 0 Å². The highest BCUT2D eigenvalue weighted by molar-refractivity contribution is 5.73. The predicted octanol–water partition coefficient (Wildman–Crippen LogP) is 8.24. The van der Waals surface area contributed by atoms with Crippen molar-refractivity contribution in [2.75, 3.05) is 39.3 Å². The number of rotatable bonds is 6. The molecule has 11 nitrogen and oxygen atoms in total. The summed E-state index contributed by atoms with van der Waals surface area (Å²) in [6, 6.07) is 21.3. The molecule has 0 saturated heterocycles. The Kier molecular flexibility index (Phi) is 16.7. The van der Waals surface area contributed by atoms with Crippen LogP contribution in [0.25, 0.3) is 11.1 Å². The molecule has 2 aromatic carbocycles. The van der Waals surface area contributed by atoms with Crippen LogP contribution in [-0.2, 0) is 48.6 Å². The molecule has 1 N–H and O–H groups in total. The molecule has 0 fully saturated rings. The van der Waals surface area contributed by atoms with Crippen molar-refractivity contribution in [3.05, 3.63) is 130 Å². The molecular formula is C47H59F3N8O3. The molecule has 1 amide bonds. The van der Waals surface area contributed by atoms with Crippen molar-refractivity contribution in [3.63, 3.8) is 0 Å². The minimum atomic E-state index is -4.64. The van der Waals surface area contributed by atoms with Crippen molar-refractivity contribution in [3.8, 4) is 0 Å². The third-order valence-corrected chi connectivity index (χ3v) is 10.3. The number of hydrogen-bond acceptors (Lipinski definition) is 10.